The molecule has 0 heterocycles. The third-order valence-corrected chi connectivity index (χ3v) is 1.34. The normalized spacial score (nSPS) is 13.4. The lowest BCUT2D eigenvalue weighted by molar-refractivity contribution is -0.151. The fraction of sp³-hybridized carbons (Fsp3) is 0.778. The van der Waals surface area contributed by atoms with Crippen LogP contribution in [0.2, 0.25) is 0 Å². The van der Waals surface area contributed by atoms with Gasteiger partial charge in [-0.05, 0) is 5.41 Å². The Morgan fingerprint density at radius 3 is 2.29 bits per heavy atom. The molecule has 3 N–H and O–H groups in total. The Bertz CT molecular complexity index is 219. The zero-order valence-corrected chi connectivity index (χ0v) is 8.74. The molecule has 1 atom stereocenters. The predicted molar refractivity (Wildman–Crippen MR) is 50.6 cm³/mol. The van der Waals surface area contributed by atoms with Crippen LogP contribution >= 0.6 is 0 Å². The van der Waals surface area contributed by atoms with E-state index in [4.69, 9.17) is 15.6 Å². The van der Waals surface area contributed by atoms with Gasteiger partial charge >= 0.3 is 11.9 Å². The molecule has 0 saturated carbocycles. The fourth-order valence-corrected chi connectivity index (χ4v) is 0.666. The van der Waals surface area contributed by atoms with Gasteiger partial charge in [0.1, 0.15) is 6.04 Å². The number of carbonyl (C=O) groups is 2. The van der Waals surface area contributed by atoms with E-state index in [-0.39, 0.29) is 12.0 Å². The number of ether oxygens (including phenoxy) is 1. The lowest BCUT2D eigenvalue weighted by Gasteiger charge is -2.19. The molecule has 0 aliphatic heterocycles. The number of hydrogen-bond acceptors (Lipinski definition) is 4. The van der Waals surface area contributed by atoms with Gasteiger partial charge < -0.3 is 15.6 Å². The second kappa shape index (κ2) is 4.95. The second-order valence-corrected chi connectivity index (χ2v) is 4.37. The Morgan fingerprint density at radius 1 is 1.43 bits per heavy atom. The van der Waals surface area contributed by atoms with Crippen molar-refractivity contribution in [1.82, 2.24) is 0 Å². The Labute approximate surface area is 83.2 Å². The highest BCUT2D eigenvalue weighted by Crippen LogP contribution is 2.13. The first-order valence-corrected chi connectivity index (χ1v) is 4.36. The van der Waals surface area contributed by atoms with E-state index < -0.39 is 24.4 Å². The monoisotopic (exact) mass is 203 g/mol. The summed E-state index contributed by atoms with van der Waals surface area (Å²) in [6.07, 6.45) is -0.400. The van der Waals surface area contributed by atoms with E-state index in [0.29, 0.717) is 0 Å². The quantitative estimate of drug-likeness (QED) is 0.644. The lowest BCUT2D eigenvalue weighted by atomic mass is 9.99. The minimum absolute atomic E-state index is 0.140. The summed E-state index contributed by atoms with van der Waals surface area (Å²) in [5, 5.41) is 8.37. The van der Waals surface area contributed by atoms with Crippen LogP contribution in [0.1, 0.15) is 27.2 Å². The molecule has 0 aliphatic rings. The molecule has 0 unspecified atom stereocenters. The smallest absolute Gasteiger partial charge is 0.323 e. The molecular formula is C9H17NO4. The van der Waals surface area contributed by atoms with E-state index in [9.17, 15) is 9.59 Å². The molecule has 0 bridgehead atoms. The highest BCUT2D eigenvalue weighted by Gasteiger charge is 2.21. The molecule has 5 heteroatoms. The highest BCUT2D eigenvalue weighted by molar-refractivity contribution is 5.81. The summed E-state index contributed by atoms with van der Waals surface area (Å²) >= 11 is 0. The summed E-state index contributed by atoms with van der Waals surface area (Å²) in [4.78, 5) is 21.3. The summed E-state index contributed by atoms with van der Waals surface area (Å²) in [5.41, 5.74) is 5.15. The van der Waals surface area contributed by atoms with Gasteiger partial charge in [-0.1, -0.05) is 20.8 Å². The average Bonchev–Trinajstić information content (AvgIpc) is 1.97. The number of hydrogen-bond donors (Lipinski definition) is 2. The lowest BCUT2D eigenvalue weighted by Crippen LogP contribution is -2.36. The number of carbonyl (C=O) groups excluding carboxylic acids is 1. The van der Waals surface area contributed by atoms with E-state index >= 15 is 0 Å². The summed E-state index contributed by atoms with van der Waals surface area (Å²) in [6.45, 7) is 5.95. The van der Waals surface area contributed by atoms with Crippen LogP contribution in [0.15, 0.2) is 0 Å². The molecule has 0 aliphatic carbocycles. The van der Waals surface area contributed by atoms with Gasteiger partial charge in [-0.3, -0.25) is 9.59 Å². The summed E-state index contributed by atoms with van der Waals surface area (Å²) < 4.78 is 4.84. The SMILES string of the molecule is CC(C)(C)COC(=O)[C@@H](N)CC(=O)O. The standard InChI is InChI=1S/C9H17NO4/c1-9(2,3)5-14-8(13)6(10)4-7(11)12/h6H,4-5,10H2,1-3H3,(H,11,12)/t6-/m0/s1. The van der Waals surface area contributed by atoms with Gasteiger partial charge in [0.25, 0.3) is 0 Å². The zero-order valence-electron chi connectivity index (χ0n) is 8.74. The van der Waals surface area contributed by atoms with E-state index in [1.807, 2.05) is 20.8 Å². The van der Waals surface area contributed by atoms with Crippen molar-refractivity contribution in [2.45, 2.75) is 33.2 Å². The van der Waals surface area contributed by atoms with Crippen molar-refractivity contribution in [1.29, 1.82) is 0 Å². The van der Waals surface area contributed by atoms with Crippen LogP contribution in [-0.4, -0.2) is 29.7 Å². The molecule has 0 aromatic rings. The van der Waals surface area contributed by atoms with Gasteiger partial charge in [0.2, 0.25) is 0 Å². The van der Waals surface area contributed by atoms with Crippen molar-refractivity contribution in [2.24, 2.45) is 11.1 Å². The molecule has 0 saturated heterocycles. The average molecular weight is 203 g/mol. The van der Waals surface area contributed by atoms with Crippen LogP contribution in [0.4, 0.5) is 0 Å². The van der Waals surface area contributed by atoms with Crippen molar-refractivity contribution in [3.63, 3.8) is 0 Å². The summed E-state index contributed by atoms with van der Waals surface area (Å²) in [5.74, 6) is -1.77. The molecule has 5 nitrogen and oxygen atoms in total. The van der Waals surface area contributed by atoms with Gasteiger partial charge in [-0.2, -0.15) is 0 Å². The number of rotatable bonds is 4. The van der Waals surface area contributed by atoms with Crippen molar-refractivity contribution >= 4 is 11.9 Å². The molecule has 0 radical (unpaired) electrons. The number of carboxylic acids is 1. The van der Waals surface area contributed by atoms with Crippen LogP contribution in [0, 0.1) is 5.41 Å². The summed E-state index contributed by atoms with van der Waals surface area (Å²) in [7, 11) is 0. The highest BCUT2D eigenvalue weighted by atomic mass is 16.5. The molecule has 82 valence electrons. The van der Waals surface area contributed by atoms with Crippen LogP contribution in [-0.2, 0) is 14.3 Å². The number of esters is 1. The van der Waals surface area contributed by atoms with Gasteiger partial charge in [0, 0.05) is 0 Å². The predicted octanol–water partition coefficient (Wildman–Crippen LogP) is 0.378. The summed E-state index contributed by atoms with van der Waals surface area (Å²) in [6, 6.07) is -1.07. The molecule has 0 aromatic carbocycles. The Balaban J connectivity index is 3.91. The van der Waals surface area contributed by atoms with Crippen LogP contribution in [0.25, 0.3) is 0 Å². The molecule has 0 fully saturated rings. The minimum Gasteiger partial charge on any atom is -0.481 e. The van der Waals surface area contributed by atoms with E-state index in [1.54, 1.807) is 0 Å². The third-order valence-electron chi connectivity index (χ3n) is 1.34. The Morgan fingerprint density at radius 2 is 1.93 bits per heavy atom. The van der Waals surface area contributed by atoms with Crippen molar-refractivity contribution in [3.05, 3.63) is 0 Å². The second-order valence-electron chi connectivity index (χ2n) is 4.37. The third kappa shape index (κ3) is 6.42. The van der Waals surface area contributed by atoms with E-state index in [1.165, 1.54) is 0 Å². The fourth-order valence-electron chi connectivity index (χ4n) is 0.666. The molecule has 0 spiro atoms. The molecule has 0 aromatic heterocycles. The number of aliphatic carboxylic acids is 1. The molecule has 14 heavy (non-hydrogen) atoms. The first-order chi connectivity index (χ1) is 6.22. The van der Waals surface area contributed by atoms with E-state index in [2.05, 4.69) is 0 Å². The van der Waals surface area contributed by atoms with Crippen LogP contribution < -0.4 is 5.73 Å². The zero-order chi connectivity index (χ0) is 11.4. The first kappa shape index (κ1) is 12.9. The van der Waals surface area contributed by atoms with E-state index in [0.717, 1.165) is 0 Å². The van der Waals surface area contributed by atoms with Gasteiger partial charge in [0.15, 0.2) is 0 Å². The molecular weight excluding hydrogens is 186 g/mol. The Kier molecular flexibility index (Phi) is 4.56. The Hall–Kier alpha value is -1.10. The van der Waals surface area contributed by atoms with Crippen LogP contribution in [0.5, 0.6) is 0 Å². The minimum atomic E-state index is -1.11. The number of nitrogens with two attached hydrogens (primary N) is 1. The van der Waals surface area contributed by atoms with Gasteiger partial charge in [-0.15, -0.1) is 0 Å². The van der Waals surface area contributed by atoms with Crippen molar-refractivity contribution < 1.29 is 19.4 Å². The largest absolute Gasteiger partial charge is 0.481 e. The maximum Gasteiger partial charge on any atom is 0.323 e. The molecule has 0 amide bonds. The van der Waals surface area contributed by atoms with Crippen molar-refractivity contribution in [2.75, 3.05) is 6.61 Å². The van der Waals surface area contributed by atoms with Gasteiger partial charge in [-0.25, -0.2) is 0 Å². The number of carboxylic acid groups (broad SMARTS) is 1. The maximum absolute atomic E-state index is 11.1. The van der Waals surface area contributed by atoms with Crippen molar-refractivity contribution in [3.8, 4) is 0 Å². The van der Waals surface area contributed by atoms with Gasteiger partial charge in [0.05, 0.1) is 13.0 Å². The van der Waals surface area contributed by atoms with Crippen LogP contribution in [0.3, 0.4) is 0 Å². The molecule has 0 rings (SSSR count). The first-order valence-electron chi connectivity index (χ1n) is 4.36. The topological polar surface area (TPSA) is 89.6 Å². The maximum atomic E-state index is 11.1.